The van der Waals surface area contributed by atoms with Crippen LogP contribution in [0.15, 0.2) is 78.9 Å². The van der Waals surface area contributed by atoms with Crippen molar-refractivity contribution in [3.63, 3.8) is 0 Å². The average molecular weight is 639 g/mol. The van der Waals surface area contributed by atoms with E-state index in [4.69, 9.17) is 4.74 Å². The fourth-order valence-electron chi connectivity index (χ4n) is 6.91. The molecule has 0 radical (unpaired) electrons. The Morgan fingerprint density at radius 3 is 2.11 bits per heavy atom. The fraction of sp³-hybridized carbons (Fsp3) is 0.429. The highest BCUT2D eigenvalue weighted by atomic mass is 35.5. The molecule has 45 heavy (non-hydrogen) atoms. The number of likely N-dealkylation sites (tertiary alicyclic amines) is 2. The number of amides is 3. The van der Waals surface area contributed by atoms with Crippen LogP contribution < -0.4 is 5.32 Å². The van der Waals surface area contributed by atoms with Crippen molar-refractivity contribution in [2.45, 2.75) is 43.2 Å². The Morgan fingerprint density at radius 2 is 1.44 bits per heavy atom. The Balaban J connectivity index is 0.00000400. The Bertz CT molecular complexity index is 1450. The number of ether oxygens (including phenoxy) is 1. The summed E-state index contributed by atoms with van der Waals surface area (Å²) in [7, 11) is 0. The lowest BCUT2D eigenvalue weighted by Crippen LogP contribution is -2.56. The van der Waals surface area contributed by atoms with Gasteiger partial charge in [0.05, 0.1) is 18.7 Å². The molecular weight excluding hydrogens is 598 g/mol. The van der Waals surface area contributed by atoms with Gasteiger partial charge in [-0.3, -0.25) is 4.79 Å². The summed E-state index contributed by atoms with van der Waals surface area (Å²) in [6, 6.07) is 23.2. The number of hydrogen-bond acceptors (Lipinski definition) is 4. The highest BCUT2D eigenvalue weighted by Crippen LogP contribution is 2.37. The van der Waals surface area contributed by atoms with Gasteiger partial charge in [-0.25, -0.2) is 13.6 Å². The second-order valence-electron chi connectivity index (χ2n) is 12.2. The molecule has 240 valence electrons. The van der Waals surface area contributed by atoms with Crippen molar-refractivity contribution in [2.75, 3.05) is 52.4 Å². The van der Waals surface area contributed by atoms with Crippen LogP contribution in [0, 0.1) is 11.6 Å². The van der Waals surface area contributed by atoms with Crippen molar-refractivity contribution < 1.29 is 23.1 Å². The van der Waals surface area contributed by atoms with E-state index in [0.29, 0.717) is 30.6 Å². The molecule has 0 saturated carbocycles. The van der Waals surface area contributed by atoms with Crippen LogP contribution in [-0.2, 0) is 15.9 Å². The summed E-state index contributed by atoms with van der Waals surface area (Å²) >= 11 is 0. The summed E-state index contributed by atoms with van der Waals surface area (Å²) in [6.07, 6.45) is 4.06. The van der Waals surface area contributed by atoms with Crippen LogP contribution in [-0.4, -0.2) is 79.1 Å². The van der Waals surface area contributed by atoms with Crippen LogP contribution in [0.3, 0.4) is 0 Å². The zero-order chi connectivity index (χ0) is 30.6. The summed E-state index contributed by atoms with van der Waals surface area (Å²) in [5.74, 6) is -1.96. The Morgan fingerprint density at radius 1 is 0.778 bits per heavy atom. The van der Waals surface area contributed by atoms with E-state index in [1.165, 1.54) is 6.07 Å². The van der Waals surface area contributed by atoms with Gasteiger partial charge in [0.15, 0.2) is 11.6 Å². The molecule has 0 aromatic heterocycles. The van der Waals surface area contributed by atoms with Gasteiger partial charge in [0.25, 0.3) is 5.91 Å². The number of carbonyl (C=O) groups excluding carboxylic acids is 2. The van der Waals surface area contributed by atoms with Gasteiger partial charge in [0, 0.05) is 44.8 Å². The van der Waals surface area contributed by atoms with Crippen molar-refractivity contribution >= 4 is 24.3 Å². The van der Waals surface area contributed by atoms with Gasteiger partial charge in [-0.2, -0.15) is 0 Å². The van der Waals surface area contributed by atoms with Gasteiger partial charge in [0.2, 0.25) is 0 Å². The summed E-state index contributed by atoms with van der Waals surface area (Å²) in [4.78, 5) is 32.7. The Labute approximate surface area is 269 Å². The Kier molecular flexibility index (Phi) is 10.4. The predicted octanol–water partition coefficient (Wildman–Crippen LogP) is 5.94. The zero-order valence-corrected chi connectivity index (χ0v) is 26.2. The fourth-order valence-corrected chi connectivity index (χ4v) is 6.91. The third-order valence-electron chi connectivity index (χ3n) is 9.55. The van der Waals surface area contributed by atoms with Gasteiger partial charge in [-0.05, 0) is 67.5 Å². The van der Waals surface area contributed by atoms with Gasteiger partial charge in [-0.1, -0.05) is 54.6 Å². The van der Waals surface area contributed by atoms with Crippen LogP contribution >= 0.6 is 12.4 Å². The average Bonchev–Trinajstić information content (AvgIpc) is 3.62. The first-order valence-electron chi connectivity index (χ1n) is 15.7. The Hall–Kier alpha value is -3.53. The number of urea groups is 1. The molecule has 1 atom stereocenters. The first-order valence-corrected chi connectivity index (χ1v) is 15.7. The molecular formula is C35H41ClF2N4O3. The molecule has 3 fully saturated rings. The monoisotopic (exact) mass is 638 g/mol. The molecule has 10 heteroatoms. The number of carbonyl (C=O) groups is 2. The highest BCUT2D eigenvalue weighted by molar-refractivity contribution is 5.94. The van der Waals surface area contributed by atoms with Crippen LogP contribution in [0.2, 0.25) is 0 Å². The number of rotatable bonds is 7. The first kappa shape index (κ1) is 32.9. The molecule has 3 heterocycles. The highest BCUT2D eigenvalue weighted by Gasteiger charge is 2.43. The smallest absolute Gasteiger partial charge is 0.318 e. The van der Waals surface area contributed by atoms with Crippen LogP contribution in [0.5, 0.6) is 0 Å². The SMILES string of the molecule is Cl.O=C(NC1(c2ccccc2)CCN(CCC2(c3ccc(F)c(F)c3)CN(C(=O)c3ccccc3)CCO2)CC1)N1CCCC1. The van der Waals surface area contributed by atoms with Gasteiger partial charge < -0.3 is 24.8 Å². The summed E-state index contributed by atoms with van der Waals surface area (Å²) in [5.41, 5.74) is 0.759. The van der Waals surface area contributed by atoms with Crippen LogP contribution in [0.25, 0.3) is 0 Å². The molecule has 3 aliphatic heterocycles. The van der Waals surface area contributed by atoms with Crippen molar-refractivity contribution in [3.05, 3.63) is 107 Å². The summed E-state index contributed by atoms with van der Waals surface area (Å²) in [6.45, 7) is 4.65. The summed E-state index contributed by atoms with van der Waals surface area (Å²) < 4.78 is 34.9. The van der Waals surface area contributed by atoms with E-state index in [1.807, 2.05) is 41.3 Å². The van der Waals surface area contributed by atoms with Gasteiger partial charge in [0.1, 0.15) is 5.60 Å². The van der Waals surface area contributed by atoms with Gasteiger partial charge in [-0.15, -0.1) is 12.4 Å². The van der Waals surface area contributed by atoms with E-state index in [-0.39, 0.29) is 37.5 Å². The third-order valence-corrected chi connectivity index (χ3v) is 9.55. The number of nitrogens with zero attached hydrogens (tertiary/aromatic N) is 3. The normalized spacial score (nSPS) is 21.6. The largest absolute Gasteiger partial charge is 0.367 e. The van der Waals surface area contributed by atoms with Crippen molar-refractivity contribution in [1.29, 1.82) is 0 Å². The lowest BCUT2D eigenvalue weighted by Gasteiger charge is -2.46. The quantitative estimate of drug-likeness (QED) is 0.348. The topological polar surface area (TPSA) is 65.1 Å². The second-order valence-corrected chi connectivity index (χ2v) is 12.2. The second kappa shape index (κ2) is 14.3. The van der Waals surface area contributed by atoms with Crippen LogP contribution in [0.4, 0.5) is 13.6 Å². The number of halogens is 3. The minimum Gasteiger partial charge on any atom is -0.367 e. The van der Waals surface area contributed by atoms with Crippen molar-refractivity contribution in [3.8, 4) is 0 Å². The predicted molar refractivity (Wildman–Crippen MR) is 171 cm³/mol. The van der Waals surface area contributed by atoms with Crippen molar-refractivity contribution in [2.24, 2.45) is 0 Å². The maximum atomic E-state index is 14.5. The maximum absolute atomic E-state index is 14.5. The number of nitrogens with one attached hydrogen (secondary N) is 1. The molecule has 1 N–H and O–H groups in total. The minimum absolute atomic E-state index is 0. The number of morpholine rings is 1. The number of benzene rings is 3. The zero-order valence-electron chi connectivity index (χ0n) is 25.4. The molecule has 3 aliphatic rings. The number of hydrogen-bond donors (Lipinski definition) is 1. The standard InChI is InChI=1S/C35H40F2N4O3.ClH/c36-30-14-13-29(25-31(30)37)35(26-41(23-24-44-35)32(42)27-9-3-1-4-10-27)17-22-39-20-15-34(16-21-39,28-11-5-2-6-12-28)38-33(43)40-18-7-8-19-40;/h1-6,9-14,25H,7-8,15-24,26H2,(H,38,43);1H. The summed E-state index contributed by atoms with van der Waals surface area (Å²) in [5, 5.41) is 3.41. The molecule has 0 spiro atoms. The van der Waals surface area contributed by atoms with Crippen molar-refractivity contribution in [1.82, 2.24) is 20.0 Å². The molecule has 1 unspecified atom stereocenters. The maximum Gasteiger partial charge on any atom is 0.318 e. The van der Waals surface area contributed by atoms with Crippen LogP contribution in [0.1, 0.15) is 53.6 Å². The molecule has 3 amide bonds. The molecule has 0 bridgehead atoms. The molecule has 6 rings (SSSR count). The molecule has 3 aromatic rings. The third kappa shape index (κ3) is 7.16. The molecule has 3 aromatic carbocycles. The van der Waals surface area contributed by atoms with E-state index in [1.54, 1.807) is 23.1 Å². The molecule has 7 nitrogen and oxygen atoms in total. The van der Waals surface area contributed by atoms with E-state index >= 15 is 0 Å². The minimum atomic E-state index is -0.991. The van der Waals surface area contributed by atoms with E-state index in [9.17, 15) is 18.4 Å². The first-order chi connectivity index (χ1) is 21.4. The molecule has 0 aliphatic carbocycles. The number of piperidine rings is 1. The lowest BCUT2D eigenvalue weighted by molar-refractivity contribution is -0.114. The molecule has 3 saturated heterocycles. The van der Waals surface area contributed by atoms with Gasteiger partial charge >= 0.3 is 6.03 Å². The van der Waals surface area contributed by atoms with E-state index in [2.05, 4.69) is 22.3 Å². The lowest BCUT2D eigenvalue weighted by atomic mass is 9.80. The van der Waals surface area contributed by atoms with E-state index < -0.39 is 22.8 Å². The van der Waals surface area contributed by atoms with E-state index in [0.717, 1.165) is 63.5 Å².